The highest BCUT2D eigenvalue weighted by Gasteiger charge is 2.30. The van der Waals surface area contributed by atoms with Crippen LogP contribution in [0.4, 0.5) is 0 Å². The summed E-state index contributed by atoms with van der Waals surface area (Å²) in [5, 5.41) is 3.39. The van der Waals surface area contributed by atoms with E-state index in [-0.39, 0.29) is 18.5 Å². The third kappa shape index (κ3) is 4.97. The highest BCUT2D eigenvalue weighted by atomic mass is 35.5. The van der Waals surface area contributed by atoms with Crippen molar-refractivity contribution in [1.29, 1.82) is 0 Å². The molecule has 122 valence electrons. The smallest absolute Gasteiger partial charge is 0.235 e. The molecular weight excluding hydrogens is 324 g/mol. The second-order valence-electron chi connectivity index (χ2n) is 5.65. The Bertz CT molecular complexity index is 610. The van der Waals surface area contributed by atoms with Crippen molar-refractivity contribution in [1.82, 2.24) is 9.62 Å². The maximum Gasteiger partial charge on any atom is 0.235 e. The molecule has 0 saturated heterocycles. The van der Waals surface area contributed by atoms with E-state index in [1.807, 2.05) is 12.1 Å². The maximum atomic E-state index is 12.1. The number of benzene rings is 1. The van der Waals surface area contributed by atoms with Gasteiger partial charge in [-0.15, -0.1) is 0 Å². The lowest BCUT2D eigenvalue weighted by atomic mass is 10.2. The van der Waals surface area contributed by atoms with Gasteiger partial charge in [0.1, 0.15) is 0 Å². The number of nitrogens with zero attached hydrogens (tertiary/aromatic N) is 1. The van der Waals surface area contributed by atoms with Crippen LogP contribution in [0.15, 0.2) is 24.3 Å². The van der Waals surface area contributed by atoms with E-state index in [0.717, 1.165) is 37.5 Å². The Morgan fingerprint density at radius 3 is 2.41 bits per heavy atom. The summed E-state index contributed by atoms with van der Waals surface area (Å²) in [7, 11) is -3.38. The van der Waals surface area contributed by atoms with Crippen LogP contribution < -0.4 is 5.32 Å². The van der Waals surface area contributed by atoms with Crippen LogP contribution in [0, 0.1) is 0 Å². The molecule has 0 bridgehead atoms. The molecule has 22 heavy (non-hydrogen) atoms. The third-order valence-corrected chi connectivity index (χ3v) is 5.39. The Kier molecular flexibility index (Phi) is 5.83. The van der Waals surface area contributed by atoms with Gasteiger partial charge in [-0.25, -0.2) is 8.42 Å². The van der Waals surface area contributed by atoms with Gasteiger partial charge in [-0.3, -0.25) is 4.79 Å². The minimum Gasteiger partial charge on any atom is -0.351 e. The number of halogens is 1. The summed E-state index contributed by atoms with van der Waals surface area (Å²) in [6.45, 7) is 0.245. The predicted molar refractivity (Wildman–Crippen MR) is 87.1 cm³/mol. The average Bonchev–Trinajstić information content (AvgIpc) is 2.96. The van der Waals surface area contributed by atoms with Gasteiger partial charge in [-0.05, 0) is 30.5 Å². The van der Waals surface area contributed by atoms with Crippen molar-refractivity contribution in [2.45, 2.75) is 38.3 Å². The van der Waals surface area contributed by atoms with Gasteiger partial charge >= 0.3 is 0 Å². The van der Waals surface area contributed by atoms with E-state index in [9.17, 15) is 13.2 Å². The first-order valence-corrected chi connectivity index (χ1v) is 9.57. The fraction of sp³-hybridized carbons (Fsp3) is 0.533. The lowest BCUT2D eigenvalue weighted by molar-refractivity contribution is -0.121. The normalized spacial score (nSPS) is 16.1. The zero-order valence-corrected chi connectivity index (χ0v) is 14.2. The molecule has 1 amide bonds. The van der Waals surface area contributed by atoms with Crippen LogP contribution in [0.1, 0.15) is 31.2 Å². The van der Waals surface area contributed by atoms with E-state index in [0.29, 0.717) is 11.6 Å². The lowest BCUT2D eigenvalue weighted by Gasteiger charge is -2.25. The molecule has 1 fully saturated rings. The van der Waals surface area contributed by atoms with Crippen LogP contribution >= 0.6 is 11.6 Å². The molecule has 1 aliphatic rings. The van der Waals surface area contributed by atoms with Crippen LogP contribution in [0.3, 0.4) is 0 Å². The number of hydrogen-bond acceptors (Lipinski definition) is 3. The summed E-state index contributed by atoms with van der Waals surface area (Å²) in [5.41, 5.74) is 0.921. The third-order valence-electron chi connectivity index (χ3n) is 3.86. The highest BCUT2D eigenvalue weighted by molar-refractivity contribution is 7.88. The van der Waals surface area contributed by atoms with Gasteiger partial charge in [-0.1, -0.05) is 36.6 Å². The fourth-order valence-electron chi connectivity index (χ4n) is 2.71. The average molecular weight is 345 g/mol. The Morgan fingerprint density at radius 1 is 1.27 bits per heavy atom. The van der Waals surface area contributed by atoms with Crippen LogP contribution in [-0.2, 0) is 21.4 Å². The number of sulfonamides is 1. The van der Waals surface area contributed by atoms with Crippen molar-refractivity contribution in [2.24, 2.45) is 0 Å². The Hall–Kier alpha value is -1.11. The van der Waals surface area contributed by atoms with Gasteiger partial charge in [0.15, 0.2) is 0 Å². The first-order valence-electron chi connectivity index (χ1n) is 7.34. The van der Waals surface area contributed by atoms with Gasteiger partial charge < -0.3 is 5.32 Å². The van der Waals surface area contributed by atoms with Crippen LogP contribution in [0.2, 0.25) is 5.02 Å². The molecule has 0 heterocycles. The largest absolute Gasteiger partial charge is 0.351 e. The van der Waals surface area contributed by atoms with Gasteiger partial charge in [0.2, 0.25) is 15.9 Å². The molecule has 0 aliphatic heterocycles. The van der Waals surface area contributed by atoms with Crippen molar-refractivity contribution in [3.05, 3.63) is 34.9 Å². The van der Waals surface area contributed by atoms with Crippen molar-refractivity contribution in [3.8, 4) is 0 Å². The minimum absolute atomic E-state index is 0.0451. The number of hydrogen-bond donors (Lipinski definition) is 1. The number of rotatable bonds is 6. The summed E-state index contributed by atoms with van der Waals surface area (Å²) in [4.78, 5) is 12.1. The SMILES string of the molecule is CS(=O)(=O)N(CC(=O)NCc1ccc(Cl)cc1)C1CCCC1. The molecule has 0 spiro atoms. The first-order chi connectivity index (χ1) is 10.4. The van der Waals surface area contributed by atoms with Gasteiger partial charge in [0, 0.05) is 17.6 Å². The molecule has 5 nitrogen and oxygen atoms in total. The maximum absolute atomic E-state index is 12.1. The van der Waals surface area contributed by atoms with Crippen molar-refractivity contribution in [3.63, 3.8) is 0 Å². The molecule has 1 aliphatic carbocycles. The Balaban J connectivity index is 1.92. The molecule has 0 radical (unpaired) electrons. The zero-order valence-electron chi connectivity index (χ0n) is 12.6. The Labute approximate surface area is 136 Å². The molecule has 0 aromatic heterocycles. The van der Waals surface area contributed by atoms with Gasteiger partial charge in [0.25, 0.3) is 0 Å². The topological polar surface area (TPSA) is 66.5 Å². The molecule has 1 saturated carbocycles. The molecule has 0 atom stereocenters. The van der Waals surface area contributed by atoms with Crippen molar-refractivity contribution < 1.29 is 13.2 Å². The van der Waals surface area contributed by atoms with Crippen LogP contribution in [0.5, 0.6) is 0 Å². The lowest BCUT2D eigenvalue weighted by Crippen LogP contribution is -2.44. The molecule has 0 unspecified atom stereocenters. The van der Waals surface area contributed by atoms with Gasteiger partial charge in [-0.2, -0.15) is 4.31 Å². The standard InChI is InChI=1S/C15H21ClN2O3S/c1-22(20,21)18(14-4-2-3-5-14)11-15(19)17-10-12-6-8-13(16)9-7-12/h6-9,14H,2-5,10-11H2,1H3,(H,17,19). The molecule has 1 aromatic carbocycles. The first kappa shape index (κ1) is 17.2. The van der Waals surface area contributed by atoms with E-state index in [1.54, 1.807) is 12.1 Å². The number of amides is 1. The quantitative estimate of drug-likeness (QED) is 0.860. The number of carbonyl (C=O) groups is 1. The van der Waals surface area contributed by atoms with E-state index in [1.165, 1.54) is 4.31 Å². The zero-order chi connectivity index (χ0) is 16.2. The van der Waals surface area contributed by atoms with E-state index in [4.69, 9.17) is 11.6 Å². The molecule has 2 rings (SSSR count). The highest BCUT2D eigenvalue weighted by Crippen LogP contribution is 2.25. The van der Waals surface area contributed by atoms with E-state index >= 15 is 0 Å². The second-order valence-corrected chi connectivity index (χ2v) is 8.02. The fourth-order valence-corrected chi connectivity index (χ4v) is 3.94. The Morgan fingerprint density at radius 2 is 1.86 bits per heavy atom. The van der Waals surface area contributed by atoms with Crippen molar-refractivity contribution in [2.75, 3.05) is 12.8 Å². The number of nitrogens with one attached hydrogen (secondary N) is 1. The molecule has 7 heteroatoms. The summed E-state index contributed by atoms with van der Waals surface area (Å²) in [5.74, 6) is -0.285. The van der Waals surface area contributed by atoms with Crippen LogP contribution in [-0.4, -0.2) is 37.5 Å². The van der Waals surface area contributed by atoms with Gasteiger partial charge in [0.05, 0.1) is 12.8 Å². The monoisotopic (exact) mass is 344 g/mol. The second kappa shape index (κ2) is 7.44. The molecule has 1 aromatic rings. The summed E-state index contributed by atoms with van der Waals surface area (Å²) in [6, 6.07) is 7.12. The number of carbonyl (C=O) groups excluding carboxylic acids is 1. The van der Waals surface area contributed by atoms with Crippen molar-refractivity contribution >= 4 is 27.5 Å². The van der Waals surface area contributed by atoms with E-state index < -0.39 is 10.0 Å². The summed E-state index contributed by atoms with van der Waals surface area (Å²) < 4.78 is 25.1. The van der Waals surface area contributed by atoms with E-state index in [2.05, 4.69) is 5.32 Å². The summed E-state index contributed by atoms with van der Waals surface area (Å²) >= 11 is 5.81. The predicted octanol–water partition coefficient (Wildman–Crippen LogP) is 2.16. The molecular formula is C15H21ClN2O3S. The minimum atomic E-state index is -3.38. The summed E-state index contributed by atoms with van der Waals surface area (Å²) in [6.07, 6.45) is 4.86. The molecule has 1 N–H and O–H groups in total. The van der Waals surface area contributed by atoms with Crippen LogP contribution in [0.25, 0.3) is 0 Å².